The Balaban J connectivity index is 0.000000403. The van der Waals surface area contributed by atoms with Crippen molar-refractivity contribution in [2.45, 2.75) is 296 Å². The quantitative estimate of drug-likeness (QED) is 0.0405. The molecular formula is C67H124N8O18SSi5. The van der Waals surface area contributed by atoms with Crippen molar-refractivity contribution in [3.8, 4) is 12.1 Å². The van der Waals surface area contributed by atoms with Crippen LogP contribution in [0, 0.1) is 22.7 Å². The summed E-state index contributed by atoms with van der Waals surface area (Å²) in [7, 11) is -12.5. The van der Waals surface area contributed by atoms with Crippen molar-refractivity contribution < 1.29 is 73.8 Å². The van der Waals surface area contributed by atoms with Gasteiger partial charge in [-0.2, -0.15) is 20.5 Å². The van der Waals surface area contributed by atoms with E-state index < -0.39 is 103 Å². The minimum absolute atomic E-state index is 0.0679. The number of nitriles is 2. The molecule has 32 heteroatoms. The lowest BCUT2D eigenvalue weighted by Gasteiger charge is -2.51. The third-order valence-electron chi connectivity index (χ3n) is 19.4. The summed E-state index contributed by atoms with van der Waals surface area (Å²) < 4.78 is 84.3. The number of amides is 2. The van der Waals surface area contributed by atoms with Crippen LogP contribution in [0.3, 0.4) is 0 Å². The molecule has 6 rings (SSSR count). The van der Waals surface area contributed by atoms with E-state index in [9.17, 15) is 24.3 Å². The monoisotopic (exact) mass is 1500 g/mol. The maximum Gasteiger partial charge on any atom is 0.351 e. The number of rotatable bonds is 28. The van der Waals surface area contributed by atoms with Crippen LogP contribution in [0.15, 0.2) is 34.1 Å². The minimum atomic E-state index is -3.02. The molecular weight excluding hydrogens is 1380 g/mol. The molecule has 99 heavy (non-hydrogen) atoms. The summed E-state index contributed by atoms with van der Waals surface area (Å²) in [4.78, 5) is 56.7. The molecule has 0 radical (unpaired) electrons. The second-order valence-corrected chi connectivity index (χ2v) is 54.1. The normalized spacial score (nSPS) is 23.3. The number of aliphatic hydroxyl groups excluding tert-OH is 1. The van der Waals surface area contributed by atoms with Gasteiger partial charge < -0.3 is 74.8 Å². The van der Waals surface area contributed by atoms with Gasteiger partial charge in [-0.3, -0.25) is 18.7 Å². The molecule has 566 valence electrons. The molecule has 2 amide bonds. The number of fused-ring (bicyclic) bond motifs is 2. The van der Waals surface area contributed by atoms with E-state index >= 15 is 0 Å². The van der Waals surface area contributed by atoms with Gasteiger partial charge in [0.15, 0.2) is 12.5 Å². The Morgan fingerprint density at radius 1 is 0.586 bits per heavy atom. The van der Waals surface area contributed by atoms with Crippen LogP contribution in [0.25, 0.3) is 0 Å². The molecule has 0 aliphatic carbocycles. The number of ether oxygens (including phenoxy) is 7. The van der Waals surface area contributed by atoms with E-state index in [4.69, 9.17) is 69.6 Å². The number of nitrogens with zero attached hydrogens (tertiary/aromatic N) is 6. The highest BCUT2D eigenvalue weighted by atomic mass is 32.2. The second kappa shape index (κ2) is 41.3. The van der Waals surface area contributed by atoms with E-state index in [0.29, 0.717) is 25.8 Å². The Morgan fingerprint density at radius 3 is 1.29 bits per heavy atom. The second-order valence-electron chi connectivity index (χ2n) is 29.4. The highest BCUT2D eigenvalue weighted by molar-refractivity contribution is 7.98. The molecule has 0 spiro atoms. The first-order valence-electron chi connectivity index (χ1n) is 35.2. The zero-order valence-corrected chi connectivity index (χ0v) is 70.1. The van der Waals surface area contributed by atoms with Gasteiger partial charge in [0.05, 0.1) is 65.4 Å². The molecule has 4 saturated heterocycles. The molecule has 2 aromatic rings. The van der Waals surface area contributed by atoms with Gasteiger partial charge in [0, 0.05) is 26.2 Å². The standard InChI is InChI=1S/C28H48N4O9Si2.C23H41N3O7Si2.C10H24Si.C6H11NO2S/c1-18(2)42(19(3)4)38-15-23-25(40-43(41-42,20(5)6)21(7)8)26(37-17-36-16-35-14-10-12-29)27(39-23)32-13-11-24(30-22(9)33)31-28(32)34;1-13(2)34(14(3)4)30-12-18-21(32-35(33-34,15(5)6)16(7)8)20(28)22(31-18)26-11-10-19(24-17(9)27)25-23(26)29;1-8(2)11(7,9(3)4)10(5)6;1-10-6-9-5-8-4-2-3-7/h11,13,18-21,23,25-27H,10,14-17H2,1-9H3,(H,30,31,33,34);10-11,13-16,18,20-22,28H,12H2,1-9H3,(H,24,25,27,29);8-10H,1-7H3;2,4-6H2,1H3/t23?,25-,26?,27?;18?,20?,21-,22?;;/m00../s1. The molecule has 0 aromatic carbocycles. The van der Waals surface area contributed by atoms with Crippen LogP contribution in [-0.2, 0) is 68.7 Å². The number of aromatic nitrogens is 4. The van der Waals surface area contributed by atoms with Crippen LogP contribution in [0.5, 0.6) is 0 Å². The predicted molar refractivity (Wildman–Crippen MR) is 396 cm³/mol. The molecule has 2 aromatic heterocycles. The maximum atomic E-state index is 13.2. The van der Waals surface area contributed by atoms with E-state index in [1.807, 2.05) is 18.4 Å². The van der Waals surface area contributed by atoms with Crippen LogP contribution in [-0.4, -0.2) is 174 Å². The van der Waals surface area contributed by atoms with E-state index in [2.05, 4.69) is 179 Å². The minimum Gasteiger partial charge on any atom is -0.414 e. The number of carbonyl (C=O) groups excluding carboxylic acids is 2. The number of anilines is 2. The number of hydrogen-bond acceptors (Lipinski definition) is 23. The lowest BCUT2D eigenvalue weighted by Crippen LogP contribution is -2.66. The van der Waals surface area contributed by atoms with Crippen molar-refractivity contribution in [1.29, 1.82) is 10.5 Å². The SMILES string of the molecule is CC(=O)Nc1ccn(C2OC3CO[Si](C(C)C)(C(C)C)O[Si](C(C)C)(C(C)C)O[C@@H]3C2O)c(=O)n1.CC(=O)Nc1ccn(C2OC3CO[Si](C(C)C)(C(C)C)O[Si](C(C)C)(C(C)C)O[C@@H]3C2OCOCOCCC#N)c(=O)n1.CC(C)[Si](C)(C(C)C)C(C)C.CSCOCOCCC#N. The van der Waals surface area contributed by atoms with Crippen LogP contribution in [0.2, 0.25) is 67.5 Å². The van der Waals surface area contributed by atoms with Gasteiger partial charge >= 0.3 is 45.6 Å². The van der Waals surface area contributed by atoms with Crippen LogP contribution >= 0.6 is 11.8 Å². The zero-order chi connectivity index (χ0) is 75.1. The molecule has 6 unspecified atom stereocenters. The topological polar surface area (TPSA) is 316 Å². The van der Waals surface area contributed by atoms with Crippen LogP contribution in [0.4, 0.5) is 11.6 Å². The van der Waals surface area contributed by atoms with Gasteiger partial charge in [0.1, 0.15) is 68.6 Å². The number of thioether (sulfide) groups is 1. The molecule has 0 saturated carbocycles. The van der Waals surface area contributed by atoms with E-state index in [0.717, 1.165) is 16.6 Å². The summed E-state index contributed by atoms with van der Waals surface area (Å²) in [5.41, 5.74) is 2.51. The average molecular weight is 1500 g/mol. The van der Waals surface area contributed by atoms with Crippen molar-refractivity contribution in [2.75, 3.05) is 69.6 Å². The summed E-state index contributed by atoms with van der Waals surface area (Å²) in [6.07, 6.45) is -0.739. The van der Waals surface area contributed by atoms with E-state index in [1.165, 1.54) is 47.5 Å². The molecule has 26 nitrogen and oxygen atoms in total. The summed E-state index contributed by atoms with van der Waals surface area (Å²) in [6, 6.07) is 7.01. The van der Waals surface area contributed by atoms with Gasteiger partial charge in [-0.25, -0.2) is 9.59 Å². The van der Waals surface area contributed by atoms with Gasteiger partial charge in [-0.05, 0) is 62.7 Å². The van der Waals surface area contributed by atoms with Crippen LogP contribution in [0.1, 0.15) is 191 Å². The van der Waals surface area contributed by atoms with Crippen molar-refractivity contribution in [3.63, 3.8) is 0 Å². The maximum absolute atomic E-state index is 13.2. The Bertz CT molecular complexity index is 2930. The smallest absolute Gasteiger partial charge is 0.351 e. The lowest BCUT2D eigenvalue weighted by atomic mass is 10.1. The number of hydrogen-bond donors (Lipinski definition) is 3. The highest BCUT2D eigenvalue weighted by Crippen LogP contribution is 2.51. The fourth-order valence-electron chi connectivity index (χ4n) is 13.4. The molecule has 0 bridgehead atoms. The first-order chi connectivity index (χ1) is 46.3. The highest BCUT2D eigenvalue weighted by Gasteiger charge is 2.64. The van der Waals surface area contributed by atoms with Crippen molar-refractivity contribution in [2.24, 2.45) is 0 Å². The summed E-state index contributed by atoms with van der Waals surface area (Å²) in [6.45, 7) is 54.8. The fraction of sp³-hybridized carbons (Fsp3) is 0.821. The molecule has 8 atom stereocenters. The third-order valence-corrected chi connectivity index (χ3v) is 47.8. The lowest BCUT2D eigenvalue weighted by molar-refractivity contribution is -0.175. The van der Waals surface area contributed by atoms with Gasteiger partial charge in [0.25, 0.3) is 0 Å². The summed E-state index contributed by atoms with van der Waals surface area (Å²) in [5.74, 6) is 0.250. The Labute approximate surface area is 600 Å². The third kappa shape index (κ3) is 23.3. The number of aliphatic hydroxyl groups is 1. The molecule has 4 aliphatic heterocycles. The van der Waals surface area contributed by atoms with Crippen molar-refractivity contribution in [1.82, 2.24) is 19.1 Å². The first-order valence-corrected chi connectivity index (χ1v) is 47.2. The van der Waals surface area contributed by atoms with Gasteiger partial charge in [-0.1, -0.05) is 175 Å². The van der Waals surface area contributed by atoms with E-state index in [-0.39, 0.29) is 108 Å². The zero-order valence-electron chi connectivity index (χ0n) is 64.3. The average Bonchev–Trinajstić information content (AvgIpc) is 1.73. The van der Waals surface area contributed by atoms with Crippen LogP contribution < -0.4 is 22.0 Å². The number of carbonyl (C=O) groups is 2. The molecule has 4 aliphatic rings. The number of nitrogens with one attached hydrogen (secondary N) is 2. The van der Waals surface area contributed by atoms with E-state index in [1.54, 1.807) is 11.8 Å². The summed E-state index contributed by atoms with van der Waals surface area (Å²) >= 11 is 1.60. The Hall–Kier alpha value is -3.45. The molecule has 4 fully saturated rings. The molecule has 6 heterocycles. The predicted octanol–water partition coefficient (Wildman–Crippen LogP) is 13.2. The van der Waals surface area contributed by atoms with Crippen molar-refractivity contribution in [3.05, 3.63) is 45.5 Å². The fourth-order valence-corrected chi connectivity index (χ4v) is 40.0. The first kappa shape index (κ1) is 89.8. The Kier molecular flexibility index (Phi) is 37.4. The summed E-state index contributed by atoms with van der Waals surface area (Å²) in [5, 5.41) is 33.2. The van der Waals surface area contributed by atoms with Gasteiger partial charge in [0.2, 0.25) is 11.8 Å². The Morgan fingerprint density at radius 2 is 0.949 bits per heavy atom. The molecule has 3 N–H and O–H groups in total. The largest absolute Gasteiger partial charge is 0.414 e. The van der Waals surface area contributed by atoms with Gasteiger partial charge in [-0.15, -0.1) is 11.8 Å². The van der Waals surface area contributed by atoms with Crippen molar-refractivity contribution >= 4 is 77.5 Å².